The van der Waals surface area contributed by atoms with Gasteiger partial charge in [-0.1, -0.05) is 19.9 Å². The Labute approximate surface area is 190 Å². The number of ether oxygens (including phenoxy) is 1. The van der Waals surface area contributed by atoms with Crippen molar-refractivity contribution in [2.24, 2.45) is 16.6 Å². The van der Waals surface area contributed by atoms with Crippen molar-refractivity contribution < 1.29 is 33.3 Å². The van der Waals surface area contributed by atoms with Crippen LogP contribution >= 0.6 is 0 Å². The summed E-state index contributed by atoms with van der Waals surface area (Å²) in [5, 5.41) is 20.7. The molecule has 9 nitrogen and oxygen atoms in total. The number of hydrogen-bond acceptors (Lipinski definition) is 6. The number of benzene rings is 1. The topological polar surface area (TPSA) is 137 Å². The first-order valence-electron chi connectivity index (χ1n) is 10.3. The van der Waals surface area contributed by atoms with Crippen LogP contribution in [0, 0.1) is 17.6 Å². The van der Waals surface area contributed by atoms with Crippen LogP contribution in [0.4, 0.5) is 8.78 Å². The highest BCUT2D eigenvalue weighted by Crippen LogP contribution is 2.27. The SMILES string of the molecule is CC(C)CC(C(=O)N=C(N)C=CNCC(O)CO)N1CC(Oc2c(F)cccc2F)=CC1=O. The van der Waals surface area contributed by atoms with Crippen molar-refractivity contribution in [3.05, 3.63) is 53.9 Å². The Morgan fingerprint density at radius 2 is 2.03 bits per heavy atom. The van der Waals surface area contributed by atoms with Gasteiger partial charge in [-0.3, -0.25) is 9.59 Å². The number of carbonyl (C=O) groups is 2. The van der Waals surface area contributed by atoms with Crippen molar-refractivity contribution in [1.29, 1.82) is 0 Å². The molecule has 0 aliphatic carbocycles. The van der Waals surface area contributed by atoms with Crippen molar-refractivity contribution in [3.8, 4) is 5.75 Å². The molecular formula is C22H28F2N4O5. The molecule has 2 unspecified atom stereocenters. The monoisotopic (exact) mass is 466 g/mol. The Balaban J connectivity index is 2.10. The van der Waals surface area contributed by atoms with E-state index in [1.54, 1.807) is 0 Å². The molecule has 11 heteroatoms. The molecule has 33 heavy (non-hydrogen) atoms. The van der Waals surface area contributed by atoms with Crippen LogP contribution in [0.2, 0.25) is 0 Å². The summed E-state index contributed by atoms with van der Waals surface area (Å²) in [6, 6.07) is 2.29. The molecule has 0 saturated carbocycles. The van der Waals surface area contributed by atoms with Gasteiger partial charge >= 0.3 is 0 Å². The minimum Gasteiger partial charge on any atom is -0.453 e. The summed E-state index contributed by atoms with van der Waals surface area (Å²) in [6.07, 6.45) is 3.07. The van der Waals surface area contributed by atoms with Gasteiger partial charge in [0.2, 0.25) is 0 Å². The zero-order valence-electron chi connectivity index (χ0n) is 18.4. The van der Waals surface area contributed by atoms with E-state index in [4.69, 9.17) is 15.6 Å². The number of nitrogens with two attached hydrogens (primary N) is 1. The Bertz CT molecular complexity index is 928. The molecule has 0 radical (unpaired) electrons. The van der Waals surface area contributed by atoms with Crippen molar-refractivity contribution in [3.63, 3.8) is 0 Å². The lowest BCUT2D eigenvalue weighted by atomic mass is 10.0. The van der Waals surface area contributed by atoms with Crippen LogP contribution in [0.5, 0.6) is 5.75 Å². The number of aliphatic hydroxyl groups excluding tert-OH is 2. The molecule has 0 fully saturated rings. The zero-order valence-corrected chi connectivity index (χ0v) is 18.4. The highest BCUT2D eigenvalue weighted by Gasteiger charge is 2.35. The second kappa shape index (κ2) is 12.1. The Hall–Kier alpha value is -3.31. The number of para-hydroxylation sites is 1. The number of hydrogen-bond donors (Lipinski definition) is 4. The summed E-state index contributed by atoms with van der Waals surface area (Å²) in [7, 11) is 0. The lowest BCUT2D eigenvalue weighted by molar-refractivity contribution is -0.134. The fourth-order valence-electron chi connectivity index (χ4n) is 3.01. The standard InChI is InChI=1S/C22H28F2N4O5/c1-13(2)8-18(22(32)27-19(25)6-7-26-10-14(30)12-29)28-11-15(9-20(28)31)33-21-16(23)4-3-5-17(21)24/h3-7,9,13-14,18,26,29-30H,8,10-12H2,1-2H3,(H2,25,27,32). The zero-order chi connectivity index (χ0) is 24.5. The number of amidine groups is 1. The maximum absolute atomic E-state index is 13.9. The lowest BCUT2D eigenvalue weighted by Crippen LogP contribution is -2.43. The van der Waals surface area contributed by atoms with E-state index < -0.39 is 48.0 Å². The first-order valence-corrected chi connectivity index (χ1v) is 10.3. The second-order valence-electron chi connectivity index (χ2n) is 7.83. The van der Waals surface area contributed by atoms with Crippen LogP contribution in [-0.4, -0.2) is 64.6 Å². The van der Waals surface area contributed by atoms with E-state index in [-0.39, 0.29) is 37.0 Å². The molecule has 2 amide bonds. The minimum absolute atomic E-state index is 0.00551. The van der Waals surface area contributed by atoms with E-state index in [2.05, 4.69) is 10.3 Å². The number of carbonyl (C=O) groups excluding carboxylic acids is 2. The van der Waals surface area contributed by atoms with Crippen LogP contribution in [0.3, 0.4) is 0 Å². The number of amides is 2. The maximum Gasteiger partial charge on any atom is 0.270 e. The first kappa shape index (κ1) is 25.9. The average molecular weight is 466 g/mol. The highest BCUT2D eigenvalue weighted by atomic mass is 19.1. The third-order valence-corrected chi connectivity index (χ3v) is 4.58. The number of rotatable bonds is 11. The van der Waals surface area contributed by atoms with Gasteiger partial charge in [-0.25, -0.2) is 8.78 Å². The molecule has 0 aromatic heterocycles. The van der Waals surface area contributed by atoms with Crippen molar-refractivity contribution >= 4 is 17.6 Å². The third-order valence-electron chi connectivity index (χ3n) is 4.58. The third kappa shape index (κ3) is 7.65. The van der Waals surface area contributed by atoms with Crippen LogP contribution in [-0.2, 0) is 9.59 Å². The van der Waals surface area contributed by atoms with Crippen molar-refractivity contribution in [2.75, 3.05) is 19.7 Å². The second-order valence-corrected chi connectivity index (χ2v) is 7.83. The van der Waals surface area contributed by atoms with Gasteiger partial charge in [-0.05, 0) is 30.5 Å². The molecule has 1 aromatic carbocycles. The van der Waals surface area contributed by atoms with E-state index in [9.17, 15) is 23.5 Å². The molecule has 2 atom stereocenters. The highest BCUT2D eigenvalue weighted by molar-refractivity contribution is 6.03. The van der Waals surface area contributed by atoms with Crippen molar-refractivity contribution in [1.82, 2.24) is 10.2 Å². The normalized spacial score (nSPS) is 16.3. The molecule has 180 valence electrons. The predicted octanol–water partition coefficient (Wildman–Crippen LogP) is 0.825. The fraction of sp³-hybridized carbons (Fsp3) is 0.409. The van der Waals surface area contributed by atoms with Gasteiger partial charge in [0, 0.05) is 18.8 Å². The van der Waals surface area contributed by atoms with E-state index in [0.29, 0.717) is 0 Å². The largest absolute Gasteiger partial charge is 0.453 e. The van der Waals surface area contributed by atoms with Crippen LogP contribution in [0.15, 0.2) is 47.3 Å². The summed E-state index contributed by atoms with van der Waals surface area (Å²) in [5.74, 6) is -3.79. The van der Waals surface area contributed by atoms with Gasteiger partial charge in [0.15, 0.2) is 17.4 Å². The van der Waals surface area contributed by atoms with Gasteiger partial charge in [-0.2, -0.15) is 4.99 Å². The van der Waals surface area contributed by atoms with E-state index in [1.807, 2.05) is 13.8 Å². The first-order chi connectivity index (χ1) is 15.6. The molecule has 1 aromatic rings. The summed E-state index contributed by atoms with van der Waals surface area (Å²) >= 11 is 0. The molecule has 1 aliphatic rings. The van der Waals surface area contributed by atoms with Gasteiger partial charge in [-0.15, -0.1) is 0 Å². The summed E-state index contributed by atoms with van der Waals surface area (Å²) < 4.78 is 33.0. The summed E-state index contributed by atoms with van der Waals surface area (Å²) in [4.78, 5) is 30.4. The minimum atomic E-state index is -0.962. The molecule has 0 spiro atoms. The quantitative estimate of drug-likeness (QED) is 0.280. The lowest BCUT2D eigenvalue weighted by Gasteiger charge is -2.26. The number of aliphatic hydroxyl groups is 2. The number of nitrogens with one attached hydrogen (secondary N) is 1. The van der Waals surface area contributed by atoms with E-state index >= 15 is 0 Å². The summed E-state index contributed by atoms with van der Waals surface area (Å²) in [5.41, 5.74) is 5.75. The molecule has 0 saturated heterocycles. The Morgan fingerprint density at radius 1 is 1.36 bits per heavy atom. The maximum atomic E-state index is 13.9. The molecular weight excluding hydrogens is 438 g/mol. The molecule has 5 N–H and O–H groups in total. The smallest absolute Gasteiger partial charge is 0.270 e. The Morgan fingerprint density at radius 3 is 2.64 bits per heavy atom. The number of halogens is 2. The Kier molecular flexibility index (Phi) is 9.49. The number of aliphatic imine (C=N–C) groups is 1. The van der Waals surface area contributed by atoms with Crippen LogP contribution in [0.1, 0.15) is 20.3 Å². The van der Waals surface area contributed by atoms with Gasteiger partial charge < -0.3 is 30.9 Å². The van der Waals surface area contributed by atoms with Crippen LogP contribution in [0.25, 0.3) is 0 Å². The summed E-state index contributed by atoms with van der Waals surface area (Å²) in [6.45, 7) is 3.23. The van der Waals surface area contributed by atoms with Crippen molar-refractivity contribution in [2.45, 2.75) is 32.4 Å². The van der Waals surface area contributed by atoms with E-state index in [0.717, 1.165) is 18.2 Å². The fourth-order valence-corrected chi connectivity index (χ4v) is 3.01. The predicted molar refractivity (Wildman–Crippen MR) is 117 cm³/mol. The molecule has 1 heterocycles. The number of nitrogens with zero attached hydrogens (tertiary/aromatic N) is 2. The molecule has 0 bridgehead atoms. The molecule has 2 rings (SSSR count). The molecule has 1 aliphatic heterocycles. The van der Waals surface area contributed by atoms with Gasteiger partial charge in [0.05, 0.1) is 19.3 Å². The van der Waals surface area contributed by atoms with Gasteiger partial charge in [0.25, 0.3) is 11.8 Å². The van der Waals surface area contributed by atoms with Crippen LogP contribution < -0.4 is 15.8 Å². The average Bonchev–Trinajstić information content (AvgIpc) is 3.11. The van der Waals surface area contributed by atoms with Gasteiger partial charge in [0.1, 0.15) is 17.6 Å². The van der Waals surface area contributed by atoms with E-state index in [1.165, 1.54) is 23.2 Å².